The van der Waals surface area contributed by atoms with Gasteiger partial charge in [-0.05, 0) is 18.2 Å². The third kappa shape index (κ3) is 1.80. The summed E-state index contributed by atoms with van der Waals surface area (Å²) in [7, 11) is 0. The Balaban J connectivity index is 2.28. The number of allylic oxidation sites excluding steroid dienone is 1. The molecule has 1 N–H and O–H groups in total. The van der Waals surface area contributed by atoms with E-state index in [1.54, 1.807) is 6.20 Å². The molecule has 0 radical (unpaired) electrons. The van der Waals surface area contributed by atoms with Crippen LogP contribution in [-0.4, -0.2) is 9.97 Å². The number of aromatic amines is 1. The number of hydrogen-bond acceptors (Lipinski definition) is 2. The van der Waals surface area contributed by atoms with Crippen molar-refractivity contribution in [1.82, 2.24) is 9.97 Å². The first-order valence-electron chi connectivity index (χ1n) is 5.92. The van der Waals surface area contributed by atoms with E-state index in [2.05, 4.69) is 22.6 Å². The van der Waals surface area contributed by atoms with Crippen molar-refractivity contribution in [3.05, 3.63) is 60.9 Å². The van der Waals surface area contributed by atoms with Crippen LogP contribution in [0.25, 0.3) is 27.7 Å². The van der Waals surface area contributed by atoms with Crippen LogP contribution >= 0.6 is 0 Å². The highest BCUT2D eigenvalue weighted by Crippen LogP contribution is 2.31. The molecule has 0 unspecified atom stereocenters. The summed E-state index contributed by atoms with van der Waals surface area (Å²) in [6.45, 7) is 3.78. The molecule has 3 rings (SSSR count). The zero-order valence-corrected chi connectivity index (χ0v) is 10.2. The molecule has 0 aliphatic carbocycles. The van der Waals surface area contributed by atoms with Crippen molar-refractivity contribution in [3.8, 4) is 17.3 Å². The molecule has 0 spiro atoms. The SMILES string of the molecule is C=C(C#N)c1cccnc1-c1c[nH]c2ccccc12. The highest BCUT2D eigenvalue weighted by atomic mass is 14.7. The average Bonchev–Trinajstić information content (AvgIpc) is 2.90. The Morgan fingerprint density at radius 2 is 2.05 bits per heavy atom. The van der Waals surface area contributed by atoms with Gasteiger partial charge in [0.2, 0.25) is 0 Å². The molecule has 3 aromatic rings. The minimum atomic E-state index is 0.424. The third-order valence-corrected chi connectivity index (χ3v) is 3.11. The van der Waals surface area contributed by atoms with E-state index in [9.17, 15) is 0 Å². The van der Waals surface area contributed by atoms with Crippen LogP contribution in [0.5, 0.6) is 0 Å². The Bertz CT molecular complexity index is 806. The molecule has 0 saturated carbocycles. The highest BCUT2D eigenvalue weighted by molar-refractivity contribution is 5.98. The van der Waals surface area contributed by atoms with Crippen molar-refractivity contribution < 1.29 is 0 Å². The molecule has 3 nitrogen and oxygen atoms in total. The van der Waals surface area contributed by atoms with E-state index in [1.165, 1.54) is 0 Å². The van der Waals surface area contributed by atoms with E-state index in [1.807, 2.05) is 42.6 Å². The highest BCUT2D eigenvalue weighted by Gasteiger charge is 2.12. The van der Waals surface area contributed by atoms with Gasteiger partial charge in [0.25, 0.3) is 0 Å². The largest absolute Gasteiger partial charge is 0.360 e. The fraction of sp³-hybridized carbons (Fsp3) is 0. The molecule has 90 valence electrons. The van der Waals surface area contributed by atoms with Gasteiger partial charge in [0.1, 0.15) is 0 Å². The van der Waals surface area contributed by atoms with Gasteiger partial charge in [-0.3, -0.25) is 4.98 Å². The smallest absolute Gasteiger partial charge is 0.0992 e. The summed E-state index contributed by atoms with van der Waals surface area (Å²) < 4.78 is 0. The number of fused-ring (bicyclic) bond motifs is 1. The summed E-state index contributed by atoms with van der Waals surface area (Å²) in [5.74, 6) is 0. The van der Waals surface area contributed by atoms with Gasteiger partial charge >= 0.3 is 0 Å². The number of nitrogens with one attached hydrogen (secondary N) is 1. The van der Waals surface area contributed by atoms with Crippen LogP contribution in [0.4, 0.5) is 0 Å². The van der Waals surface area contributed by atoms with Gasteiger partial charge in [0.05, 0.1) is 17.3 Å². The van der Waals surface area contributed by atoms with Crippen molar-refractivity contribution in [3.63, 3.8) is 0 Å². The normalized spacial score (nSPS) is 10.3. The van der Waals surface area contributed by atoms with Crippen molar-refractivity contribution >= 4 is 16.5 Å². The Labute approximate surface area is 110 Å². The number of nitriles is 1. The summed E-state index contributed by atoms with van der Waals surface area (Å²) in [5, 5.41) is 10.1. The summed E-state index contributed by atoms with van der Waals surface area (Å²) >= 11 is 0. The Hall–Kier alpha value is -2.86. The van der Waals surface area contributed by atoms with E-state index >= 15 is 0 Å². The lowest BCUT2D eigenvalue weighted by Gasteiger charge is -2.05. The van der Waals surface area contributed by atoms with Gasteiger partial charge in [-0.2, -0.15) is 5.26 Å². The maximum atomic E-state index is 9.04. The molecule has 0 bridgehead atoms. The molecule has 0 amide bonds. The van der Waals surface area contributed by atoms with E-state index < -0.39 is 0 Å². The molecule has 2 aromatic heterocycles. The molecule has 0 fully saturated rings. The summed E-state index contributed by atoms with van der Waals surface area (Å²) in [6, 6.07) is 13.8. The van der Waals surface area contributed by atoms with Gasteiger partial charge in [-0.1, -0.05) is 24.8 Å². The third-order valence-electron chi connectivity index (χ3n) is 3.11. The van der Waals surface area contributed by atoms with Gasteiger partial charge in [-0.15, -0.1) is 0 Å². The Morgan fingerprint density at radius 1 is 1.21 bits per heavy atom. The van der Waals surface area contributed by atoms with E-state index in [-0.39, 0.29) is 0 Å². The second kappa shape index (κ2) is 4.43. The second-order valence-electron chi connectivity index (χ2n) is 4.24. The Kier molecular flexibility index (Phi) is 2.62. The van der Waals surface area contributed by atoms with Crippen molar-refractivity contribution in [2.45, 2.75) is 0 Å². The van der Waals surface area contributed by atoms with E-state index in [0.29, 0.717) is 5.57 Å². The zero-order valence-electron chi connectivity index (χ0n) is 10.2. The fourth-order valence-corrected chi connectivity index (χ4v) is 2.19. The second-order valence-corrected chi connectivity index (χ2v) is 4.24. The van der Waals surface area contributed by atoms with E-state index in [4.69, 9.17) is 5.26 Å². The van der Waals surface area contributed by atoms with Gasteiger partial charge in [-0.25, -0.2) is 0 Å². The molecule has 3 heteroatoms. The molecule has 1 aromatic carbocycles. The minimum absolute atomic E-state index is 0.424. The lowest BCUT2D eigenvalue weighted by molar-refractivity contribution is 1.31. The maximum absolute atomic E-state index is 9.04. The molecular formula is C16H11N3. The first kappa shape index (κ1) is 11.2. The maximum Gasteiger partial charge on any atom is 0.0992 e. The van der Waals surface area contributed by atoms with Crippen molar-refractivity contribution in [2.75, 3.05) is 0 Å². The fourth-order valence-electron chi connectivity index (χ4n) is 2.19. The number of aromatic nitrogens is 2. The van der Waals surface area contributed by atoms with Gasteiger partial charge < -0.3 is 4.98 Å². The zero-order chi connectivity index (χ0) is 13.2. The van der Waals surface area contributed by atoms with Crippen LogP contribution in [0.15, 0.2) is 55.4 Å². The number of pyridine rings is 1. The molecule has 0 aliphatic rings. The van der Waals surface area contributed by atoms with E-state index in [0.717, 1.165) is 27.7 Å². The molecular weight excluding hydrogens is 234 g/mol. The Morgan fingerprint density at radius 3 is 2.89 bits per heavy atom. The van der Waals surface area contributed by atoms with Crippen molar-refractivity contribution in [2.24, 2.45) is 0 Å². The molecule has 0 saturated heterocycles. The number of rotatable bonds is 2. The van der Waals surface area contributed by atoms with Gasteiger partial charge in [0.15, 0.2) is 0 Å². The lowest BCUT2D eigenvalue weighted by atomic mass is 10.0. The van der Waals surface area contributed by atoms with Crippen molar-refractivity contribution in [1.29, 1.82) is 5.26 Å². The summed E-state index contributed by atoms with van der Waals surface area (Å²) in [6.07, 6.45) is 3.65. The van der Waals surface area contributed by atoms with Crippen LogP contribution in [0.2, 0.25) is 0 Å². The van der Waals surface area contributed by atoms with Crippen LogP contribution in [0.3, 0.4) is 0 Å². The number of nitrogens with zero attached hydrogens (tertiary/aromatic N) is 2. The first-order chi connectivity index (χ1) is 9.31. The average molecular weight is 245 g/mol. The topological polar surface area (TPSA) is 52.5 Å². The monoisotopic (exact) mass is 245 g/mol. The molecule has 0 atom stereocenters. The van der Waals surface area contributed by atoms with Crippen LogP contribution < -0.4 is 0 Å². The molecule has 0 aliphatic heterocycles. The lowest BCUT2D eigenvalue weighted by Crippen LogP contribution is -1.89. The number of H-pyrrole nitrogens is 1. The number of benzene rings is 1. The number of hydrogen-bond donors (Lipinski definition) is 1. The number of para-hydroxylation sites is 1. The summed E-state index contributed by atoms with van der Waals surface area (Å²) in [4.78, 5) is 7.63. The minimum Gasteiger partial charge on any atom is -0.360 e. The quantitative estimate of drug-likeness (QED) is 0.699. The first-order valence-corrected chi connectivity index (χ1v) is 5.92. The predicted octanol–water partition coefficient (Wildman–Crippen LogP) is 3.77. The molecule has 19 heavy (non-hydrogen) atoms. The standard InChI is InChI=1S/C16H11N3/c1-11(9-17)12-6-4-8-18-16(12)14-10-19-15-7-3-2-5-13(14)15/h2-8,10,19H,1H2. The van der Waals surface area contributed by atoms with Crippen LogP contribution in [0.1, 0.15) is 5.56 Å². The van der Waals surface area contributed by atoms with Crippen LogP contribution in [0, 0.1) is 11.3 Å². The summed E-state index contributed by atoms with van der Waals surface area (Å²) in [5.41, 5.74) is 4.02. The van der Waals surface area contributed by atoms with Gasteiger partial charge in [0, 0.05) is 34.4 Å². The molecule has 2 heterocycles. The van der Waals surface area contributed by atoms with Crippen LogP contribution in [-0.2, 0) is 0 Å². The predicted molar refractivity (Wildman–Crippen MR) is 76.2 cm³/mol.